The van der Waals surface area contributed by atoms with Crippen molar-refractivity contribution < 1.29 is 29.0 Å². The molecule has 1 heterocycles. The zero-order valence-corrected chi connectivity index (χ0v) is 20.3. The lowest BCUT2D eigenvalue weighted by atomic mass is 9.89. The molecule has 1 saturated heterocycles. The van der Waals surface area contributed by atoms with Crippen LogP contribution < -0.4 is 5.32 Å². The molecule has 2 amide bonds. The van der Waals surface area contributed by atoms with Crippen LogP contribution in [-0.2, 0) is 14.3 Å². The van der Waals surface area contributed by atoms with Crippen molar-refractivity contribution in [1.29, 1.82) is 0 Å². The van der Waals surface area contributed by atoms with Crippen LogP contribution in [0.4, 0.5) is 9.59 Å². The van der Waals surface area contributed by atoms with Gasteiger partial charge in [0.15, 0.2) is 0 Å². The zero-order chi connectivity index (χ0) is 25.2. The van der Waals surface area contributed by atoms with Crippen molar-refractivity contribution in [2.45, 2.75) is 51.2 Å². The maximum atomic E-state index is 12.6. The molecule has 8 nitrogen and oxygen atoms in total. The van der Waals surface area contributed by atoms with E-state index in [4.69, 9.17) is 9.47 Å². The second kappa shape index (κ2) is 9.98. The number of carbonyl (C=O) groups excluding carboxylic acids is 2. The van der Waals surface area contributed by atoms with Crippen LogP contribution in [0.15, 0.2) is 48.5 Å². The second-order valence-corrected chi connectivity index (χ2v) is 10.1. The Morgan fingerprint density at radius 3 is 2.06 bits per heavy atom. The van der Waals surface area contributed by atoms with Gasteiger partial charge in [-0.1, -0.05) is 48.5 Å². The molecule has 0 radical (unpaired) electrons. The normalized spacial score (nSPS) is 16.7. The summed E-state index contributed by atoms with van der Waals surface area (Å²) in [6.45, 7) is 6.26. The second-order valence-electron chi connectivity index (χ2n) is 10.1. The van der Waals surface area contributed by atoms with Crippen molar-refractivity contribution in [3.8, 4) is 11.1 Å². The standard InChI is InChI=1S/C27H32N2O6/c1-27(2,3)35-26(33)29-14-12-17(13-15-29)23(24(30)31)28-25(32)34-16-22-20-10-6-4-8-18(20)19-9-5-7-11-21(19)22/h4-11,17,22-23H,12-16H2,1-3H3,(H,28,32)(H,30,31). The molecule has 1 fully saturated rings. The lowest BCUT2D eigenvalue weighted by Crippen LogP contribution is -2.51. The number of likely N-dealkylation sites (tertiary alicyclic amines) is 1. The van der Waals surface area contributed by atoms with E-state index in [9.17, 15) is 19.5 Å². The number of nitrogens with zero attached hydrogens (tertiary/aromatic N) is 1. The van der Waals surface area contributed by atoms with Crippen molar-refractivity contribution in [3.05, 3.63) is 59.7 Å². The molecule has 1 aliphatic heterocycles. The summed E-state index contributed by atoms with van der Waals surface area (Å²) in [7, 11) is 0. The van der Waals surface area contributed by atoms with Crippen LogP contribution in [-0.4, -0.2) is 59.5 Å². The Morgan fingerprint density at radius 1 is 1.00 bits per heavy atom. The third kappa shape index (κ3) is 5.58. The van der Waals surface area contributed by atoms with Crippen LogP contribution in [0, 0.1) is 5.92 Å². The first-order valence-electron chi connectivity index (χ1n) is 12.0. The van der Waals surface area contributed by atoms with E-state index in [-0.39, 0.29) is 18.4 Å². The van der Waals surface area contributed by atoms with Crippen molar-refractivity contribution in [2.75, 3.05) is 19.7 Å². The first-order valence-corrected chi connectivity index (χ1v) is 12.0. The molecule has 2 N–H and O–H groups in total. The third-order valence-electron chi connectivity index (χ3n) is 6.55. The number of aliphatic carboxylic acids is 1. The van der Waals surface area contributed by atoms with Crippen molar-refractivity contribution in [3.63, 3.8) is 0 Å². The Morgan fingerprint density at radius 2 is 1.54 bits per heavy atom. The fourth-order valence-electron chi connectivity index (χ4n) is 4.89. The molecular weight excluding hydrogens is 448 g/mol. The van der Waals surface area contributed by atoms with Crippen molar-refractivity contribution in [2.24, 2.45) is 5.92 Å². The maximum absolute atomic E-state index is 12.6. The van der Waals surface area contributed by atoms with Gasteiger partial charge in [-0.15, -0.1) is 0 Å². The Bertz CT molecular complexity index is 1060. The minimum Gasteiger partial charge on any atom is -0.480 e. The molecule has 1 aliphatic carbocycles. The Kier molecular flexibility index (Phi) is 7.00. The van der Waals surface area contributed by atoms with Crippen LogP contribution in [0.1, 0.15) is 50.7 Å². The maximum Gasteiger partial charge on any atom is 0.410 e. The van der Waals surface area contributed by atoms with Crippen LogP contribution in [0.25, 0.3) is 11.1 Å². The monoisotopic (exact) mass is 480 g/mol. The van der Waals surface area contributed by atoms with E-state index in [2.05, 4.69) is 17.4 Å². The number of amides is 2. The van der Waals surface area contributed by atoms with Gasteiger partial charge in [0.1, 0.15) is 18.2 Å². The lowest BCUT2D eigenvalue weighted by molar-refractivity contribution is -0.141. The summed E-state index contributed by atoms with van der Waals surface area (Å²) in [5.41, 5.74) is 3.83. The Balaban J connectivity index is 1.34. The molecule has 0 bridgehead atoms. The van der Waals surface area contributed by atoms with E-state index in [1.54, 1.807) is 25.7 Å². The summed E-state index contributed by atoms with van der Waals surface area (Å²) in [5.74, 6) is -1.53. The topological polar surface area (TPSA) is 105 Å². The van der Waals surface area contributed by atoms with Gasteiger partial charge in [0, 0.05) is 19.0 Å². The Labute approximate surface area is 205 Å². The number of hydrogen-bond donors (Lipinski definition) is 2. The molecule has 2 aromatic carbocycles. The largest absolute Gasteiger partial charge is 0.480 e. The average molecular weight is 481 g/mol. The van der Waals surface area contributed by atoms with Gasteiger partial charge in [0.25, 0.3) is 0 Å². The minimum atomic E-state index is -1.12. The molecule has 4 rings (SSSR count). The number of ether oxygens (including phenoxy) is 2. The van der Waals surface area contributed by atoms with Gasteiger partial charge in [0.05, 0.1) is 0 Å². The van der Waals surface area contributed by atoms with Gasteiger partial charge < -0.3 is 24.8 Å². The van der Waals surface area contributed by atoms with E-state index >= 15 is 0 Å². The SMILES string of the molecule is CC(C)(C)OC(=O)N1CCC(C(NC(=O)OCC2c3ccccc3-c3ccccc32)C(=O)O)CC1. The highest BCUT2D eigenvalue weighted by Gasteiger charge is 2.36. The van der Waals surface area contributed by atoms with E-state index in [0.29, 0.717) is 25.9 Å². The number of carbonyl (C=O) groups is 3. The van der Waals surface area contributed by atoms with Gasteiger partial charge in [-0.2, -0.15) is 0 Å². The highest BCUT2D eigenvalue weighted by atomic mass is 16.6. The number of carboxylic acids is 1. The highest BCUT2D eigenvalue weighted by molar-refractivity contribution is 5.81. The smallest absolute Gasteiger partial charge is 0.410 e. The van der Waals surface area contributed by atoms with Crippen LogP contribution in [0.2, 0.25) is 0 Å². The first-order chi connectivity index (χ1) is 16.6. The van der Waals surface area contributed by atoms with Gasteiger partial charge in [-0.3, -0.25) is 0 Å². The van der Waals surface area contributed by atoms with Crippen LogP contribution >= 0.6 is 0 Å². The molecule has 0 spiro atoms. The third-order valence-corrected chi connectivity index (χ3v) is 6.55. The minimum absolute atomic E-state index is 0.103. The molecule has 0 aromatic heterocycles. The van der Waals surface area contributed by atoms with E-state index in [0.717, 1.165) is 22.3 Å². The summed E-state index contributed by atoms with van der Waals surface area (Å²) in [5, 5.41) is 12.3. The molecule has 0 saturated carbocycles. The number of benzene rings is 2. The number of nitrogens with one attached hydrogen (secondary N) is 1. The zero-order valence-electron chi connectivity index (χ0n) is 20.3. The summed E-state index contributed by atoms with van der Waals surface area (Å²) in [6.07, 6.45) is -0.277. The molecule has 35 heavy (non-hydrogen) atoms. The number of hydrogen-bond acceptors (Lipinski definition) is 5. The van der Waals surface area contributed by atoms with Crippen molar-refractivity contribution in [1.82, 2.24) is 10.2 Å². The molecule has 8 heteroatoms. The van der Waals surface area contributed by atoms with Crippen LogP contribution in [0.3, 0.4) is 0 Å². The number of rotatable bonds is 5. The van der Waals surface area contributed by atoms with Gasteiger partial charge in [-0.25, -0.2) is 14.4 Å². The summed E-state index contributed by atoms with van der Waals surface area (Å²) < 4.78 is 10.9. The predicted molar refractivity (Wildman–Crippen MR) is 130 cm³/mol. The van der Waals surface area contributed by atoms with E-state index < -0.39 is 29.8 Å². The van der Waals surface area contributed by atoms with Gasteiger partial charge >= 0.3 is 18.2 Å². The molecular formula is C27H32N2O6. The van der Waals surface area contributed by atoms with Gasteiger partial charge in [0.2, 0.25) is 0 Å². The summed E-state index contributed by atoms with van der Waals surface area (Å²) in [4.78, 5) is 38.4. The highest BCUT2D eigenvalue weighted by Crippen LogP contribution is 2.44. The number of fused-ring (bicyclic) bond motifs is 3. The van der Waals surface area contributed by atoms with Gasteiger partial charge in [-0.05, 0) is 61.8 Å². The fourth-order valence-corrected chi connectivity index (χ4v) is 4.89. The molecule has 2 aliphatic rings. The molecule has 1 unspecified atom stereocenters. The molecule has 2 aromatic rings. The van der Waals surface area contributed by atoms with Crippen molar-refractivity contribution >= 4 is 18.2 Å². The molecule has 1 atom stereocenters. The Hall–Kier alpha value is -3.55. The van der Waals surface area contributed by atoms with E-state index in [1.165, 1.54) is 0 Å². The van der Waals surface area contributed by atoms with E-state index in [1.807, 2.05) is 36.4 Å². The average Bonchev–Trinajstić information content (AvgIpc) is 3.14. The van der Waals surface area contributed by atoms with Crippen LogP contribution in [0.5, 0.6) is 0 Å². The molecule has 186 valence electrons. The number of alkyl carbamates (subject to hydrolysis) is 1. The lowest BCUT2D eigenvalue weighted by Gasteiger charge is -2.35. The fraction of sp³-hybridized carbons (Fsp3) is 0.444. The number of carboxylic acid groups (broad SMARTS) is 1. The quantitative estimate of drug-likeness (QED) is 0.647. The predicted octanol–water partition coefficient (Wildman–Crippen LogP) is 4.63. The summed E-state index contributed by atoms with van der Waals surface area (Å²) in [6, 6.07) is 15.0. The first kappa shape index (κ1) is 24.6. The summed E-state index contributed by atoms with van der Waals surface area (Å²) >= 11 is 0. The number of piperidine rings is 1.